The van der Waals surface area contributed by atoms with Crippen molar-refractivity contribution >= 4 is 5.91 Å². The number of rotatable bonds is 5. The van der Waals surface area contributed by atoms with Gasteiger partial charge in [0.2, 0.25) is 11.8 Å². The SMILES string of the molecule is CC(C)c1noc([C@H](C)N2CCN(CC(=O)N(C)C)CC2)n1. The van der Waals surface area contributed by atoms with Gasteiger partial charge in [-0.1, -0.05) is 19.0 Å². The van der Waals surface area contributed by atoms with Gasteiger partial charge in [0.05, 0.1) is 12.6 Å². The molecule has 1 aliphatic rings. The molecule has 0 bridgehead atoms. The monoisotopic (exact) mass is 309 g/mol. The highest BCUT2D eigenvalue weighted by Gasteiger charge is 2.26. The fraction of sp³-hybridized carbons (Fsp3) is 0.800. The molecule has 1 atom stereocenters. The molecule has 1 amide bonds. The van der Waals surface area contributed by atoms with E-state index in [4.69, 9.17) is 4.52 Å². The molecule has 0 radical (unpaired) electrons. The molecule has 1 aliphatic heterocycles. The molecule has 2 heterocycles. The molecule has 1 aromatic heterocycles. The maximum Gasteiger partial charge on any atom is 0.243 e. The van der Waals surface area contributed by atoms with E-state index >= 15 is 0 Å². The predicted octanol–water partition coefficient (Wildman–Crippen LogP) is 0.960. The number of carbonyl (C=O) groups is 1. The van der Waals surface area contributed by atoms with Crippen LogP contribution in [0.2, 0.25) is 0 Å². The summed E-state index contributed by atoms with van der Waals surface area (Å²) in [6.45, 7) is 10.3. The number of hydrogen-bond acceptors (Lipinski definition) is 6. The predicted molar refractivity (Wildman–Crippen MR) is 83.5 cm³/mol. The first-order valence-electron chi connectivity index (χ1n) is 7.88. The third kappa shape index (κ3) is 4.04. The standard InChI is InChI=1S/C15H27N5O2/c1-11(2)14-16-15(22-17-14)12(3)20-8-6-19(7-9-20)10-13(21)18(4)5/h11-12H,6-10H2,1-5H3/t12-/m0/s1. The second kappa shape index (κ2) is 7.19. The van der Waals surface area contributed by atoms with E-state index in [9.17, 15) is 4.79 Å². The lowest BCUT2D eigenvalue weighted by Gasteiger charge is -2.36. The number of aromatic nitrogens is 2. The topological polar surface area (TPSA) is 65.7 Å². The van der Waals surface area contributed by atoms with Crippen LogP contribution in [-0.4, -0.2) is 77.6 Å². The molecule has 7 nitrogen and oxygen atoms in total. The molecule has 1 saturated heterocycles. The molecule has 0 aliphatic carbocycles. The Morgan fingerprint density at radius 2 is 1.86 bits per heavy atom. The van der Waals surface area contributed by atoms with Crippen molar-refractivity contribution in [1.82, 2.24) is 24.8 Å². The lowest BCUT2D eigenvalue weighted by molar-refractivity contribution is -0.130. The molecular formula is C15H27N5O2. The van der Waals surface area contributed by atoms with Crippen molar-refractivity contribution in [2.45, 2.75) is 32.7 Å². The number of amides is 1. The Hall–Kier alpha value is -1.47. The third-order valence-corrected chi connectivity index (χ3v) is 4.14. The molecule has 1 aromatic rings. The minimum absolute atomic E-state index is 0.117. The summed E-state index contributed by atoms with van der Waals surface area (Å²) < 4.78 is 5.39. The normalized spacial score (nSPS) is 18.6. The molecule has 0 saturated carbocycles. The van der Waals surface area contributed by atoms with Crippen LogP contribution >= 0.6 is 0 Å². The van der Waals surface area contributed by atoms with Crippen LogP contribution in [-0.2, 0) is 4.79 Å². The number of likely N-dealkylation sites (N-methyl/N-ethyl adjacent to an activating group) is 1. The van der Waals surface area contributed by atoms with E-state index in [1.807, 2.05) is 0 Å². The first-order chi connectivity index (χ1) is 10.4. The summed E-state index contributed by atoms with van der Waals surface area (Å²) in [7, 11) is 3.59. The van der Waals surface area contributed by atoms with Gasteiger partial charge in [0.15, 0.2) is 5.82 Å². The van der Waals surface area contributed by atoms with Crippen molar-refractivity contribution in [3.05, 3.63) is 11.7 Å². The highest BCUT2D eigenvalue weighted by atomic mass is 16.5. The van der Waals surface area contributed by atoms with Crippen LogP contribution in [0.3, 0.4) is 0 Å². The van der Waals surface area contributed by atoms with Crippen LogP contribution in [0.1, 0.15) is 44.4 Å². The smallest absolute Gasteiger partial charge is 0.243 e. The van der Waals surface area contributed by atoms with Crippen molar-refractivity contribution in [3.63, 3.8) is 0 Å². The van der Waals surface area contributed by atoms with E-state index in [2.05, 4.69) is 40.7 Å². The van der Waals surface area contributed by atoms with E-state index in [0.29, 0.717) is 12.4 Å². The van der Waals surface area contributed by atoms with E-state index in [-0.39, 0.29) is 17.9 Å². The van der Waals surface area contributed by atoms with Crippen molar-refractivity contribution in [2.24, 2.45) is 0 Å². The van der Waals surface area contributed by atoms with Gasteiger partial charge in [0.1, 0.15) is 0 Å². The molecule has 124 valence electrons. The van der Waals surface area contributed by atoms with Gasteiger partial charge in [-0.25, -0.2) is 0 Å². The average Bonchev–Trinajstić information content (AvgIpc) is 2.97. The first kappa shape index (κ1) is 16.9. The summed E-state index contributed by atoms with van der Waals surface area (Å²) in [6, 6.07) is 0.117. The summed E-state index contributed by atoms with van der Waals surface area (Å²) in [6.07, 6.45) is 0. The van der Waals surface area contributed by atoms with Gasteiger partial charge < -0.3 is 9.42 Å². The quantitative estimate of drug-likeness (QED) is 0.807. The Morgan fingerprint density at radius 3 is 2.36 bits per heavy atom. The van der Waals surface area contributed by atoms with Crippen molar-refractivity contribution in [1.29, 1.82) is 0 Å². The number of hydrogen-bond donors (Lipinski definition) is 0. The number of carbonyl (C=O) groups excluding carboxylic acids is 1. The molecule has 22 heavy (non-hydrogen) atoms. The molecule has 1 fully saturated rings. The first-order valence-corrected chi connectivity index (χ1v) is 7.88. The molecule has 7 heteroatoms. The zero-order valence-electron chi connectivity index (χ0n) is 14.2. The summed E-state index contributed by atoms with van der Waals surface area (Å²) >= 11 is 0. The Bertz CT molecular complexity index is 492. The van der Waals surface area contributed by atoms with Gasteiger partial charge in [-0.3, -0.25) is 14.6 Å². The maximum atomic E-state index is 11.8. The van der Waals surface area contributed by atoms with Gasteiger partial charge in [-0.05, 0) is 6.92 Å². The van der Waals surface area contributed by atoms with Crippen molar-refractivity contribution < 1.29 is 9.32 Å². The summed E-state index contributed by atoms with van der Waals surface area (Å²) in [5.41, 5.74) is 0. The highest BCUT2D eigenvalue weighted by molar-refractivity contribution is 5.77. The van der Waals surface area contributed by atoms with Crippen LogP contribution in [0.25, 0.3) is 0 Å². The van der Waals surface area contributed by atoms with E-state index in [1.165, 1.54) is 0 Å². The summed E-state index contributed by atoms with van der Waals surface area (Å²) in [4.78, 5) is 22.4. The Morgan fingerprint density at radius 1 is 1.23 bits per heavy atom. The van der Waals surface area contributed by atoms with Gasteiger partial charge in [0, 0.05) is 46.2 Å². The van der Waals surface area contributed by atoms with Crippen LogP contribution in [0.4, 0.5) is 0 Å². The average molecular weight is 309 g/mol. The Balaban J connectivity index is 1.86. The minimum Gasteiger partial charge on any atom is -0.348 e. The molecule has 0 unspecified atom stereocenters. The zero-order valence-corrected chi connectivity index (χ0v) is 14.2. The fourth-order valence-corrected chi connectivity index (χ4v) is 2.45. The fourth-order valence-electron chi connectivity index (χ4n) is 2.45. The largest absolute Gasteiger partial charge is 0.348 e. The molecule has 0 N–H and O–H groups in total. The molecule has 0 spiro atoms. The van der Waals surface area contributed by atoms with E-state index in [1.54, 1.807) is 19.0 Å². The second-order valence-electron chi connectivity index (χ2n) is 6.42. The number of piperazine rings is 1. The van der Waals surface area contributed by atoms with Gasteiger partial charge >= 0.3 is 0 Å². The van der Waals surface area contributed by atoms with Crippen LogP contribution < -0.4 is 0 Å². The van der Waals surface area contributed by atoms with Gasteiger partial charge in [-0.2, -0.15) is 4.98 Å². The zero-order chi connectivity index (χ0) is 16.3. The molecular weight excluding hydrogens is 282 g/mol. The van der Waals surface area contributed by atoms with E-state index in [0.717, 1.165) is 32.0 Å². The lowest BCUT2D eigenvalue weighted by atomic mass is 10.2. The Kier molecular flexibility index (Phi) is 5.52. The number of nitrogens with zero attached hydrogens (tertiary/aromatic N) is 5. The van der Waals surface area contributed by atoms with Crippen molar-refractivity contribution in [3.8, 4) is 0 Å². The summed E-state index contributed by atoms with van der Waals surface area (Å²) in [5.74, 6) is 1.87. The molecule has 2 rings (SSSR count). The third-order valence-electron chi connectivity index (χ3n) is 4.14. The Labute approximate surface area is 132 Å². The van der Waals surface area contributed by atoms with Crippen LogP contribution in [0.15, 0.2) is 4.52 Å². The highest BCUT2D eigenvalue weighted by Crippen LogP contribution is 2.21. The van der Waals surface area contributed by atoms with E-state index < -0.39 is 0 Å². The van der Waals surface area contributed by atoms with Crippen LogP contribution in [0, 0.1) is 0 Å². The van der Waals surface area contributed by atoms with Crippen LogP contribution in [0.5, 0.6) is 0 Å². The van der Waals surface area contributed by atoms with Crippen molar-refractivity contribution in [2.75, 3.05) is 46.8 Å². The molecule has 0 aromatic carbocycles. The second-order valence-corrected chi connectivity index (χ2v) is 6.42. The van der Waals surface area contributed by atoms with Gasteiger partial charge in [-0.15, -0.1) is 0 Å². The minimum atomic E-state index is 0.117. The van der Waals surface area contributed by atoms with Gasteiger partial charge in [0.25, 0.3) is 0 Å². The summed E-state index contributed by atoms with van der Waals surface area (Å²) in [5, 5.41) is 4.03. The maximum absolute atomic E-state index is 11.8. The lowest BCUT2D eigenvalue weighted by Crippen LogP contribution is -2.49.